The van der Waals surface area contributed by atoms with Crippen LogP contribution in [0, 0.1) is 0 Å². The van der Waals surface area contributed by atoms with Crippen molar-refractivity contribution in [1.29, 1.82) is 0 Å². The number of hydrogen-bond donors (Lipinski definition) is 1. The average Bonchev–Trinajstić information content (AvgIpc) is 2.84. The van der Waals surface area contributed by atoms with Crippen LogP contribution in [0.2, 0.25) is 0 Å². The predicted octanol–water partition coefficient (Wildman–Crippen LogP) is 1.84. The molecule has 0 unspecified atom stereocenters. The molecule has 112 valence electrons. The van der Waals surface area contributed by atoms with E-state index in [2.05, 4.69) is 0 Å². The summed E-state index contributed by atoms with van der Waals surface area (Å²) in [6.45, 7) is 3.58. The quantitative estimate of drug-likeness (QED) is 0.790. The van der Waals surface area contributed by atoms with Gasteiger partial charge < -0.3 is 9.84 Å². The van der Waals surface area contributed by atoms with Crippen LogP contribution < -0.4 is 10.4 Å². The van der Waals surface area contributed by atoms with E-state index in [-0.39, 0.29) is 11.3 Å². The number of rotatable bonds is 7. The number of nitrogens with zero attached hydrogens (tertiary/aromatic N) is 2. The molecule has 0 atom stereocenters. The van der Waals surface area contributed by atoms with Crippen molar-refractivity contribution in [2.24, 2.45) is 0 Å². The first kappa shape index (κ1) is 14.9. The number of carboxylic acid groups (broad SMARTS) is 1. The molecule has 21 heavy (non-hydrogen) atoms. The van der Waals surface area contributed by atoms with E-state index in [0.29, 0.717) is 31.9 Å². The van der Waals surface area contributed by atoms with Gasteiger partial charge in [-0.15, -0.1) is 0 Å². The maximum atomic E-state index is 11.8. The van der Waals surface area contributed by atoms with Crippen molar-refractivity contribution in [2.45, 2.75) is 26.4 Å². The van der Waals surface area contributed by atoms with Gasteiger partial charge in [-0.05, 0) is 31.5 Å². The minimum Gasteiger partial charge on any atom is -0.494 e. The van der Waals surface area contributed by atoms with E-state index >= 15 is 0 Å². The molecule has 0 spiro atoms. The number of benzene rings is 1. The van der Waals surface area contributed by atoms with Gasteiger partial charge >= 0.3 is 11.7 Å². The highest BCUT2D eigenvalue weighted by atomic mass is 16.5. The number of aromatic carboxylic acids is 1. The van der Waals surface area contributed by atoms with Gasteiger partial charge in [0.2, 0.25) is 0 Å². The zero-order valence-electron chi connectivity index (χ0n) is 11.9. The Kier molecular flexibility index (Phi) is 4.81. The summed E-state index contributed by atoms with van der Waals surface area (Å²) in [5.74, 6) is -0.457. The molecule has 6 heteroatoms. The molecule has 1 aromatic heterocycles. The fourth-order valence-electron chi connectivity index (χ4n) is 2.01. The maximum absolute atomic E-state index is 11.8. The molecule has 1 aromatic carbocycles. The molecule has 0 aliphatic heterocycles. The zero-order chi connectivity index (χ0) is 15.2. The van der Waals surface area contributed by atoms with Crippen molar-refractivity contribution in [3.05, 3.63) is 52.7 Å². The Labute approximate surface area is 122 Å². The normalized spacial score (nSPS) is 10.5. The molecule has 2 rings (SSSR count). The molecule has 2 aromatic rings. The Balaban J connectivity index is 1.84. The molecule has 0 aliphatic rings. The number of imidazole rings is 1. The molecule has 1 heterocycles. The van der Waals surface area contributed by atoms with Gasteiger partial charge in [-0.1, -0.05) is 6.07 Å². The molecule has 0 amide bonds. The Morgan fingerprint density at radius 1 is 1.29 bits per heavy atom. The second-order valence-electron chi connectivity index (χ2n) is 4.60. The lowest BCUT2D eigenvalue weighted by Gasteiger charge is -2.07. The van der Waals surface area contributed by atoms with Crippen molar-refractivity contribution < 1.29 is 14.6 Å². The first-order valence-electron chi connectivity index (χ1n) is 6.83. The van der Waals surface area contributed by atoms with E-state index in [0.717, 1.165) is 0 Å². The second kappa shape index (κ2) is 6.78. The standard InChI is InChI=1S/C15H18N2O4/c1-2-16-8-9-17(15(16)20)7-4-10-21-13-6-3-5-12(11-13)14(18)19/h3,5-6,8-9,11H,2,4,7,10H2,1H3,(H,18,19). The third-order valence-corrected chi connectivity index (χ3v) is 3.15. The molecule has 0 saturated carbocycles. The van der Waals surface area contributed by atoms with Crippen LogP contribution in [-0.4, -0.2) is 26.8 Å². The fraction of sp³-hybridized carbons (Fsp3) is 0.333. The van der Waals surface area contributed by atoms with Crippen LogP contribution in [0.15, 0.2) is 41.5 Å². The Bertz CT molecular complexity index is 672. The van der Waals surface area contributed by atoms with Gasteiger partial charge in [0.05, 0.1) is 12.2 Å². The number of aryl methyl sites for hydroxylation is 2. The molecule has 0 saturated heterocycles. The molecule has 1 N–H and O–H groups in total. The lowest BCUT2D eigenvalue weighted by atomic mass is 10.2. The summed E-state index contributed by atoms with van der Waals surface area (Å²) in [6.07, 6.45) is 4.20. The van der Waals surface area contributed by atoms with Gasteiger partial charge in [0.1, 0.15) is 5.75 Å². The minimum absolute atomic E-state index is 0.0228. The number of carboxylic acids is 1. The Hall–Kier alpha value is -2.50. The van der Waals surface area contributed by atoms with Crippen molar-refractivity contribution in [1.82, 2.24) is 9.13 Å². The van der Waals surface area contributed by atoms with Gasteiger partial charge in [-0.25, -0.2) is 9.59 Å². The molecule has 0 radical (unpaired) electrons. The zero-order valence-corrected chi connectivity index (χ0v) is 11.9. The van der Waals surface area contributed by atoms with Gasteiger partial charge in [0.25, 0.3) is 0 Å². The van der Waals surface area contributed by atoms with Crippen LogP contribution in [0.5, 0.6) is 5.75 Å². The van der Waals surface area contributed by atoms with E-state index in [4.69, 9.17) is 9.84 Å². The fourth-order valence-corrected chi connectivity index (χ4v) is 2.01. The van der Waals surface area contributed by atoms with Gasteiger partial charge in [0, 0.05) is 25.5 Å². The minimum atomic E-state index is -0.979. The van der Waals surface area contributed by atoms with E-state index in [9.17, 15) is 9.59 Å². The summed E-state index contributed by atoms with van der Waals surface area (Å²) >= 11 is 0. The number of aromatic nitrogens is 2. The van der Waals surface area contributed by atoms with E-state index in [1.165, 1.54) is 12.1 Å². The van der Waals surface area contributed by atoms with Crippen LogP contribution in [0.1, 0.15) is 23.7 Å². The molecule has 0 bridgehead atoms. The van der Waals surface area contributed by atoms with Crippen molar-refractivity contribution in [2.75, 3.05) is 6.61 Å². The summed E-state index contributed by atoms with van der Waals surface area (Å²) in [4.78, 5) is 22.6. The summed E-state index contributed by atoms with van der Waals surface area (Å²) in [5.41, 5.74) is 0.175. The number of hydrogen-bond acceptors (Lipinski definition) is 3. The Morgan fingerprint density at radius 2 is 2.05 bits per heavy atom. The number of ether oxygens (including phenoxy) is 1. The second-order valence-corrected chi connectivity index (χ2v) is 4.60. The monoisotopic (exact) mass is 290 g/mol. The highest BCUT2D eigenvalue weighted by molar-refractivity contribution is 5.87. The average molecular weight is 290 g/mol. The maximum Gasteiger partial charge on any atom is 0.335 e. The molecular formula is C15H18N2O4. The van der Waals surface area contributed by atoms with E-state index in [1.54, 1.807) is 33.7 Å². The summed E-state index contributed by atoms with van der Waals surface area (Å²) in [5, 5.41) is 8.89. The summed E-state index contributed by atoms with van der Waals surface area (Å²) in [7, 11) is 0. The molecule has 0 fully saturated rings. The predicted molar refractivity (Wildman–Crippen MR) is 77.9 cm³/mol. The van der Waals surface area contributed by atoms with Crippen LogP contribution in [0.3, 0.4) is 0 Å². The highest BCUT2D eigenvalue weighted by Crippen LogP contribution is 2.13. The van der Waals surface area contributed by atoms with Crippen molar-refractivity contribution in [3.63, 3.8) is 0 Å². The van der Waals surface area contributed by atoms with Crippen LogP contribution in [0.25, 0.3) is 0 Å². The van der Waals surface area contributed by atoms with Gasteiger partial charge in [0.15, 0.2) is 0 Å². The van der Waals surface area contributed by atoms with Gasteiger partial charge in [-0.3, -0.25) is 9.13 Å². The van der Waals surface area contributed by atoms with Crippen LogP contribution >= 0.6 is 0 Å². The molecule has 0 aliphatic carbocycles. The van der Waals surface area contributed by atoms with Crippen LogP contribution in [0.4, 0.5) is 0 Å². The van der Waals surface area contributed by atoms with Crippen LogP contribution in [-0.2, 0) is 13.1 Å². The third-order valence-electron chi connectivity index (χ3n) is 3.15. The topological polar surface area (TPSA) is 73.5 Å². The highest BCUT2D eigenvalue weighted by Gasteiger charge is 2.04. The van der Waals surface area contributed by atoms with E-state index < -0.39 is 5.97 Å². The lowest BCUT2D eigenvalue weighted by Crippen LogP contribution is -2.24. The van der Waals surface area contributed by atoms with Crippen molar-refractivity contribution in [3.8, 4) is 5.75 Å². The van der Waals surface area contributed by atoms with Crippen molar-refractivity contribution >= 4 is 5.97 Å². The summed E-state index contributed by atoms with van der Waals surface area (Å²) in [6, 6.07) is 6.36. The molecular weight excluding hydrogens is 272 g/mol. The van der Waals surface area contributed by atoms with Gasteiger partial charge in [-0.2, -0.15) is 0 Å². The third kappa shape index (κ3) is 3.75. The van der Waals surface area contributed by atoms with E-state index in [1.807, 2.05) is 6.92 Å². The number of carbonyl (C=O) groups is 1. The summed E-state index contributed by atoms with van der Waals surface area (Å²) < 4.78 is 8.78. The Morgan fingerprint density at radius 3 is 2.71 bits per heavy atom. The smallest absolute Gasteiger partial charge is 0.335 e. The first-order chi connectivity index (χ1) is 10.1. The largest absolute Gasteiger partial charge is 0.494 e. The molecule has 6 nitrogen and oxygen atoms in total. The lowest BCUT2D eigenvalue weighted by molar-refractivity contribution is 0.0696. The first-order valence-corrected chi connectivity index (χ1v) is 6.83. The SMILES string of the molecule is CCn1ccn(CCCOc2cccc(C(=O)O)c2)c1=O.